The lowest BCUT2D eigenvalue weighted by Crippen LogP contribution is -2.29. The molecule has 1 N–H and O–H groups in total. The number of aromatic nitrogens is 2. The van der Waals surface area contributed by atoms with E-state index in [1.165, 1.54) is 0 Å². The second-order valence-electron chi connectivity index (χ2n) is 4.59. The van der Waals surface area contributed by atoms with E-state index in [0.29, 0.717) is 6.54 Å². The maximum atomic E-state index is 11.8. The Hall–Kier alpha value is -1.20. The van der Waals surface area contributed by atoms with Gasteiger partial charge in [-0.05, 0) is 40.2 Å². The molecule has 0 saturated heterocycles. The van der Waals surface area contributed by atoms with Gasteiger partial charge in [-0.1, -0.05) is 0 Å². The molecule has 0 bridgehead atoms. The van der Waals surface area contributed by atoms with Crippen LogP contribution in [0.25, 0.3) is 0 Å². The Balaban J connectivity index is 2.21. The number of hydrogen-bond acceptors (Lipinski definition) is 4. The Morgan fingerprint density at radius 1 is 1.32 bits per heavy atom. The number of aryl methyl sites for hydroxylation is 2. The van der Waals surface area contributed by atoms with Gasteiger partial charge in [-0.2, -0.15) is 0 Å². The van der Waals surface area contributed by atoms with Gasteiger partial charge in [0, 0.05) is 38.1 Å². The van der Waals surface area contributed by atoms with Gasteiger partial charge in [-0.15, -0.1) is 0 Å². The Labute approximate surface area is 115 Å². The van der Waals surface area contributed by atoms with E-state index in [-0.39, 0.29) is 5.56 Å². The fourth-order valence-electron chi connectivity index (χ4n) is 1.95. The third-order valence-electron chi connectivity index (χ3n) is 2.94. The lowest BCUT2D eigenvalue weighted by atomic mass is 10.3. The first kappa shape index (κ1) is 15.9. The molecule has 5 nitrogen and oxygen atoms in total. The molecule has 5 heteroatoms. The summed E-state index contributed by atoms with van der Waals surface area (Å²) < 4.78 is 6.98. The zero-order chi connectivity index (χ0) is 14.1. The summed E-state index contributed by atoms with van der Waals surface area (Å²) >= 11 is 0. The summed E-state index contributed by atoms with van der Waals surface area (Å²) in [5.74, 6) is 0.781. The smallest absolute Gasteiger partial charge is 0.253 e. The molecule has 0 radical (unpaired) electrons. The molecule has 1 aromatic heterocycles. The maximum Gasteiger partial charge on any atom is 0.253 e. The van der Waals surface area contributed by atoms with Crippen molar-refractivity contribution in [3.63, 3.8) is 0 Å². The largest absolute Gasteiger partial charge is 0.382 e. The maximum absolute atomic E-state index is 11.8. The molecule has 0 aliphatic heterocycles. The summed E-state index contributed by atoms with van der Waals surface area (Å²) in [6.45, 7) is 9.76. The van der Waals surface area contributed by atoms with Gasteiger partial charge in [0.2, 0.25) is 0 Å². The molecule has 0 amide bonds. The van der Waals surface area contributed by atoms with Crippen molar-refractivity contribution < 1.29 is 4.74 Å². The van der Waals surface area contributed by atoms with Crippen LogP contribution in [0.2, 0.25) is 0 Å². The van der Waals surface area contributed by atoms with Crippen LogP contribution in [-0.2, 0) is 11.3 Å². The molecule has 0 atom stereocenters. The minimum absolute atomic E-state index is 0.0307. The molecule has 0 unspecified atom stereocenters. The van der Waals surface area contributed by atoms with Crippen LogP contribution in [0, 0.1) is 13.8 Å². The van der Waals surface area contributed by atoms with Crippen LogP contribution in [0.4, 0.5) is 0 Å². The number of nitrogens with one attached hydrogen (secondary N) is 1. The topological polar surface area (TPSA) is 56.1 Å². The van der Waals surface area contributed by atoms with Crippen molar-refractivity contribution in [3.05, 3.63) is 27.9 Å². The zero-order valence-electron chi connectivity index (χ0n) is 12.2. The van der Waals surface area contributed by atoms with Crippen LogP contribution < -0.4 is 10.9 Å². The fraction of sp³-hybridized carbons (Fsp3) is 0.714. The van der Waals surface area contributed by atoms with Gasteiger partial charge < -0.3 is 10.1 Å². The molecule has 0 aliphatic carbocycles. The second-order valence-corrected chi connectivity index (χ2v) is 4.59. The van der Waals surface area contributed by atoms with Gasteiger partial charge in [0.15, 0.2) is 0 Å². The predicted molar refractivity (Wildman–Crippen MR) is 76.6 cm³/mol. The van der Waals surface area contributed by atoms with Crippen LogP contribution in [0.15, 0.2) is 10.9 Å². The van der Waals surface area contributed by atoms with Gasteiger partial charge >= 0.3 is 0 Å². The van der Waals surface area contributed by atoms with Crippen molar-refractivity contribution in [2.45, 2.75) is 40.2 Å². The highest BCUT2D eigenvalue weighted by Crippen LogP contribution is 1.93. The fourth-order valence-corrected chi connectivity index (χ4v) is 1.95. The number of hydrogen-bond donors (Lipinski definition) is 1. The van der Waals surface area contributed by atoms with E-state index >= 15 is 0 Å². The van der Waals surface area contributed by atoms with Crippen LogP contribution in [0.3, 0.4) is 0 Å². The molecular formula is C14H25N3O2. The van der Waals surface area contributed by atoms with E-state index in [9.17, 15) is 4.79 Å². The normalized spacial score (nSPS) is 10.9. The van der Waals surface area contributed by atoms with Gasteiger partial charge in [0.25, 0.3) is 5.56 Å². The zero-order valence-corrected chi connectivity index (χ0v) is 12.2. The summed E-state index contributed by atoms with van der Waals surface area (Å²) in [6, 6.07) is 1.58. The van der Waals surface area contributed by atoms with Gasteiger partial charge in [-0.25, -0.2) is 4.98 Å². The van der Waals surface area contributed by atoms with Crippen LogP contribution in [0.5, 0.6) is 0 Å². The number of unbranched alkanes of at least 4 members (excludes halogenated alkanes) is 1. The predicted octanol–water partition coefficient (Wildman–Crippen LogP) is 1.27. The monoisotopic (exact) mass is 267 g/mol. The van der Waals surface area contributed by atoms with E-state index < -0.39 is 0 Å². The number of nitrogens with zero attached hydrogens (tertiary/aromatic N) is 2. The third kappa shape index (κ3) is 5.98. The first-order chi connectivity index (χ1) is 9.15. The van der Waals surface area contributed by atoms with E-state index in [1.54, 1.807) is 10.6 Å². The van der Waals surface area contributed by atoms with Crippen molar-refractivity contribution >= 4 is 0 Å². The molecule has 0 spiro atoms. The Bertz CT molecular complexity index is 429. The van der Waals surface area contributed by atoms with E-state index in [0.717, 1.165) is 50.7 Å². The molecule has 108 valence electrons. The Morgan fingerprint density at radius 2 is 2.11 bits per heavy atom. The lowest BCUT2D eigenvalue weighted by molar-refractivity contribution is 0.143. The Kier molecular flexibility index (Phi) is 7.36. The standard InChI is InChI=1S/C14H25N3O2/c1-4-19-10-6-5-7-15-8-9-17-13(3)16-12(2)11-14(17)18/h11,15H,4-10H2,1-3H3. The van der Waals surface area contributed by atoms with Gasteiger partial charge in [0.1, 0.15) is 5.82 Å². The van der Waals surface area contributed by atoms with Crippen LogP contribution in [0.1, 0.15) is 31.3 Å². The molecule has 19 heavy (non-hydrogen) atoms. The van der Waals surface area contributed by atoms with Gasteiger partial charge in [-0.3, -0.25) is 9.36 Å². The van der Waals surface area contributed by atoms with E-state index in [1.807, 2.05) is 20.8 Å². The summed E-state index contributed by atoms with van der Waals surface area (Å²) in [4.78, 5) is 16.1. The van der Waals surface area contributed by atoms with Crippen molar-refractivity contribution in [2.75, 3.05) is 26.3 Å². The minimum Gasteiger partial charge on any atom is -0.382 e. The average Bonchev–Trinajstić information content (AvgIpc) is 2.35. The SMILES string of the molecule is CCOCCCCNCCn1c(C)nc(C)cc1=O. The van der Waals surface area contributed by atoms with Crippen molar-refractivity contribution in [1.29, 1.82) is 0 Å². The van der Waals surface area contributed by atoms with Crippen LogP contribution in [-0.4, -0.2) is 35.9 Å². The summed E-state index contributed by atoms with van der Waals surface area (Å²) in [5.41, 5.74) is 0.811. The lowest BCUT2D eigenvalue weighted by Gasteiger charge is -2.10. The minimum atomic E-state index is 0.0307. The molecule has 0 saturated carbocycles. The van der Waals surface area contributed by atoms with Crippen molar-refractivity contribution in [3.8, 4) is 0 Å². The molecule has 0 fully saturated rings. The van der Waals surface area contributed by atoms with E-state index in [4.69, 9.17) is 4.74 Å². The quantitative estimate of drug-likeness (QED) is 0.685. The third-order valence-corrected chi connectivity index (χ3v) is 2.94. The summed E-state index contributed by atoms with van der Waals surface area (Å²) in [6.07, 6.45) is 2.17. The molecule has 1 aromatic rings. The molecular weight excluding hydrogens is 242 g/mol. The Morgan fingerprint density at radius 3 is 2.79 bits per heavy atom. The first-order valence-electron chi connectivity index (χ1n) is 6.98. The molecule has 1 rings (SSSR count). The number of ether oxygens (including phenoxy) is 1. The van der Waals surface area contributed by atoms with Crippen molar-refractivity contribution in [1.82, 2.24) is 14.9 Å². The number of rotatable bonds is 9. The van der Waals surface area contributed by atoms with E-state index in [2.05, 4.69) is 10.3 Å². The van der Waals surface area contributed by atoms with Crippen molar-refractivity contribution in [2.24, 2.45) is 0 Å². The highest BCUT2D eigenvalue weighted by molar-refractivity contribution is 5.01. The van der Waals surface area contributed by atoms with Gasteiger partial charge in [0.05, 0.1) is 0 Å². The van der Waals surface area contributed by atoms with Crippen LogP contribution >= 0.6 is 0 Å². The highest BCUT2D eigenvalue weighted by atomic mass is 16.5. The molecule has 0 aromatic carbocycles. The highest BCUT2D eigenvalue weighted by Gasteiger charge is 2.01. The molecule has 0 aliphatic rings. The molecule has 1 heterocycles. The summed E-state index contributed by atoms with van der Waals surface area (Å²) in [5, 5.41) is 3.34. The first-order valence-corrected chi connectivity index (χ1v) is 6.98. The second kappa shape index (κ2) is 8.82. The summed E-state index contributed by atoms with van der Waals surface area (Å²) in [7, 11) is 0. The average molecular weight is 267 g/mol.